The summed E-state index contributed by atoms with van der Waals surface area (Å²) in [5, 5.41) is 10.6. The van der Waals surface area contributed by atoms with Crippen molar-refractivity contribution in [2.24, 2.45) is 0 Å². The molecule has 0 saturated heterocycles. The van der Waals surface area contributed by atoms with Crippen molar-refractivity contribution in [1.82, 2.24) is 19.1 Å². The van der Waals surface area contributed by atoms with Gasteiger partial charge in [-0.05, 0) is 68.7 Å². The van der Waals surface area contributed by atoms with Gasteiger partial charge in [-0.3, -0.25) is 4.57 Å². The van der Waals surface area contributed by atoms with E-state index in [4.69, 9.17) is 9.97 Å². The summed E-state index contributed by atoms with van der Waals surface area (Å²) in [6, 6.07) is 66.0. The standard InChI is InChI=1S/C55H36N4/c1-55(2)42-27-13-10-21-36(42)38-26-16-30-47(51(38)55)58-43-28-14-11-24-40(43)48-45(58)31-32-46-49(48)41-25-12-15-29-44(41)59(46)54-56-52(33-17-4-3-5-18-33)50-37-22-8-6-19-34(37)35-20-7-9-23-39(35)53(50)57-54/h3-32H,1-2H3. The van der Waals surface area contributed by atoms with Crippen molar-refractivity contribution >= 4 is 76.1 Å². The summed E-state index contributed by atoms with van der Waals surface area (Å²) in [7, 11) is 0. The van der Waals surface area contributed by atoms with E-state index in [0.29, 0.717) is 5.95 Å². The van der Waals surface area contributed by atoms with E-state index >= 15 is 0 Å². The second-order valence-corrected chi connectivity index (χ2v) is 16.5. The first-order valence-electron chi connectivity index (χ1n) is 20.4. The minimum Gasteiger partial charge on any atom is -0.309 e. The second kappa shape index (κ2) is 11.7. The first-order valence-corrected chi connectivity index (χ1v) is 20.4. The van der Waals surface area contributed by atoms with Gasteiger partial charge in [0.15, 0.2) is 0 Å². The quantitative estimate of drug-likeness (QED) is 0.169. The van der Waals surface area contributed by atoms with E-state index in [1.165, 1.54) is 71.3 Å². The van der Waals surface area contributed by atoms with Crippen LogP contribution in [0.25, 0.3) is 110 Å². The van der Waals surface area contributed by atoms with Gasteiger partial charge in [0.25, 0.3) is 0 Å². The van der Waals surface area contributed by atoms with Gasteiger partial charge in [0, 0.05) is 43.3 Å². The van der Waals surface area contributed by atoms with E-state index in [1.807, 2.05) is 0 Å². The number of hydrogen-bond donors (Lipinski definition) is 0. The molecule has 0 unspecified atom stereocenters. The van der Waals surface area contributed by atoms with Crippen LogP contribution in [0.4, 0.5) is 0 Å². The Kier molecular flexibility index (Phi) is 6.48. The van der Waals surface area contributed by atoms with E-state index in [2.05, 4.69) is 205 Å². The summed E-state index contributed by atoms with van der Waals surface area (Å²) in [5.74, 6) is 0.659. The van der Waals surface area contributed by atoms with Gasteiger partial charge in [0.05, 0.1) is 39.0 Å². The number of hydrogen-bond acceptors (Lipinski definition) is 2. The zero-order valence-electron chi connectivity index (χ0n) is 32.6. The van der Waals surface area contributed by atoms with Crippen LogP contribution >= 0.6 is 0 Å². The molecule has 276 valence electrons. The lowest BCUT2D eigenvalue weighted by Crippen LogP contribution is -2.17. The summed E-state index contributed by atoms with van der Waals surface area (Å²) in [6.45, 7) is 4.75. The number of aromatic nitrogens is 4. The zero-order chi connectivity index (χ0) is 39.0. The SMILES string of the molecule is CC1(C)c2ccccc2-c2cccc(-n3c4ccccc4c4c5c6ccccc6n(-c6nc(-c7ccccc7)c7c8ccccc8c8ccccc8c7n6)c5ccc43)c21. The number of fused-ring (bicyclic) bond motifs is 16. The van der Waals surface area contributed by atoms with E-state index in [0.717, 1.165) is 44.0 Å². The highest BCUT2D eigenvalue weighted by Gasteiger charge is 2.38. The topological polar surface area (TPSA) is 35.6 Å². The molecule has 0 saturated carbocycles. The van der Waals surface area contributed by atoms with Crippen LogP contribution in [0.2, 0.25) is 0 Å². The van der Waals surface area contributed by atoms with Crippen LogP contribution in [-0.2, 0) is 5.41 Å². The summed E-state index contributed by atoms with van der Waals surface area (Å²) < 4.78 is 4.81. The molecule has 0 N–H and O–H groups in total. The van der Waals surface area contributed by atoms with Crippen LogP contribution < -0.4 is 0 Å². The molecule has 0 fully saturated rings. The number of benzene rings is 9. The van der Waals surface area contributed by atoms with E-state index in [1.54, 1.807) is 0 Å². The maximum atomic E-state index is 5.60. The molecular weight excluding hydrogens is 717 g/mol. The minimum atomic E-state index is -0.167. The number of para-hydroxylation sites is 2. The highest BCUT2D eigenvalue weighted by Crippen LogP contribution is 2.52. The smallest absolute Gasteiger partial charge is 0.235 e. The Morgan fingerprint density at radius 2 is 0.932 bits per heavy atom. The summed E-state index contributed by atoms with van der Waals surface area (Å²) in [4.78, 5) is 11.2. The first-order chi connectivity index (χ1) is 29.1. The fourth-order valence-electron chi connectivity index (χ4n) is 10.7. The number of nitrogens with zero attached hydrogens (tertiary/aromatic N) is 4. The lowest BCUT2D eigenvalue weighted by atomic mass is 9.81. The highest BCUT2D eigenvalue weighted by molar-refractivity contribution is 6.30. The third-order valence-electron chi connectivity index (χ3n) is 13.1. The molecule has 12 aromatic rings. The normalized spacial score (nSPS) is 13.4. The Labute approximate surface area is 340 Å². The molecule has 4 nitrogen and oxygen atoms in total. The van der Waals surface area contributed by atoms with Crippen molar-refractivity contribution in [3.05, 3.63) is 193 Å². The van der Waals surface area contributed by atoms with Crippen molar-refractivity contribution in [1.29, 1.82) is 0 Å². The average Bonchev–Trinajstić information content (AvgIpc) is 3.89. The number of rotatable bonds is 3. The minimum absolute atomic E-state index is 0.167. The molecule has 1 aliphatic rings. The highest BCUT2D eigenvalue weighted by atomic mass is 15.2. The van der Waals surface area contributed by atoms with Crippen molar-refractivity contribution < 1.29 is 0 Å². The van der Waals surface area contributed by atoms with Crippen LogP contribution in [0.1, 0.15) is 25.0 Å². The molecule has 0 bridgehead atoms. The van der Waals surface area contributed by atoms with Crippen molar-refractivity contribution in [3.8, 4) is 34.0 Å². The van der Waals surface area contributed by atoms with Crippen molar-refractivity contribution in [2.45, 2.75) is 19.3 Å². The Hall–Kier alpha value is -7.56. The zero-order valence-corrected chi connectivity index (χ0v) is 32.6. The molecule has 0 amide bonds. The predicted molar refractivity (Wildman–Crippen MR) is 246 cm³/mol. The predicted octanol–water partition coefficient (Wildman–Crippen LogP) is 14.1. The van der Waals surface area contributed by atoms with Crippen LogP contribution in [-0.4, -0.2) is 19.1 Å². The van der Waals surface area contributed by atoms with Gasteiger partial charge in [-0.25, -0.2) is 9.97 Å². The fourth-order valence-corrected chi connectivity index (χ4v) is 10.7. The molecule has 9 aromatic carbocycles. The summed E-state index contributed by atoms with van der Waals surface area (Å²) in [5.41, 5.74) is 13.9. The molecule has 3 heterocycles. The molecular formula is C55H36N4. The largest absolute Gasteiger partial charge is 0.309 e. The Bertz CT molecular complexity index is 3750. The molecule has 0 spiro atoms. The average molecular weight is 753 g/mol. The molecule has 0 atom stereocenters. The molecule has 1 aliphatic carbocycles. The van der Waals surface area contributed by atoms with Gasteiger partial charge in [-0.2, -0.15) is 0 Å². The summed E-state index contributed by atoms with van der Waals surface area (Å²) in [6.07, 6.45) is 0. The molecule has 13 rings (SSSR count). The van der Waals surface area contributed by atoms with Gasteiger partial charge >= 0.3 is 0 Å². The van der Waals surface area contributed by atoms with Crippen molar-refractivity contribution in [3.63, 3.8) is 0 Å². The maximum Gasteiger partial charge on any atom is 0.235 e. The van der Waals surface area contributed by atoms with Gasteiger partial charge in [0.1, 0.15) is 0 Å². The third-order valence-corrected chi connectivity index (χ3v) is 13.1. The molecule has 0 aliphatic heterocycles. The lowest BCUT2D eigenvalue weighted by molar-refractivity contribution is 0.656. The molecule has 4 heteroatoms. The second-order valence-electron chi connectivity index (χ2n) is 16.5. The maximum absolute atomic E-state index is 5.60. The van der Waals surface area contributed by atoms with E-state index < -0.39 is 0 Å². The van der Waals surface area contributed by atoms with Crippen molar-refractivity contribution in [2.75, 3.05) is 0 Å². The van der Waals surface area contributed by atoms with Gasteiger partial charge in [-0.1, -0.05) is 166 Å². The van der Waals surface area contributed by atoms with E-state index in [9.17, 15) is 0 Å². The van der Waals surface area contributed by atoms with Crippen LogP contribution in [0.15, 0.2) is 182 Å². The van der Waals surface area contributed by atoms with Gasteiger partial charge < -0.3 is 4.57 Å². The van der Waals surface area contributed by atoms with Gasteiger partial charge in [0.2, 0.25) is 5.95 Å². The lowest BCUT2D eigenvalue weighted by Gasteiger charge is -2.25. The monoisotopic (exact) mass is 752 g/mol. The fraction of sp³-hybridized carbons (Fsp3) is 0.0545. The third kappa shape index (κ3) is 4.27. The molecule has 59 heavy (non-hydrogen) atoms. The molecule has 3 aromatic heterocycles. The summed E-state index contributed by atoms with van der Waals surface area (Å²) >= 11 is 0. The van der Waals surface area contributed by atoms with Crippen LogP contribution in [0.5, 0.6) is 0 Å². The van der Waals surface area contributed by atoms with Crippen LogP contribution in [0, 0.1) is 0 Å². The molecule has 0 radical (unpaired) electrons. The Morgan fingerprint density at radius 1 is 0.390 bits per heavy atom. The van der Waals surface area contributed by atoms with E-state index in [-0.39, 0.29) is 5.41 Å². The van der Waals surface area contributed by atoms with Crippen LogP contribution in [0.3, 0.4) is 0 Å². The first kappa shape index (κ1) is 32.5. The Morgan fingerprint density at radius 3 is 1.66 bits per heavy atom. The van der Waals surface area contributed by atoms with Gasteiger partial charge in [-0.15, -0.1) is 0 Å². The Balaban J connectivity index is 1.16.